The Morgan fingerprint density at radius 3 is 2.05 bits per heavy atom. The number of alkyl halides is 5. The van der Waals surface area contributed by atoms with Crippen molar-refractivity contribution in [1.82, 2.24) is 5.32 Å². The van der Waals surface area contributed by atoms with Gasteiger partial charge in [-0.15, -0.1) is 0 Å². The van der Waals surface area contributed by atoms with Gasteiger partial charge in [-0.25, -0.2) is 0 Å². The number of benzene rings is 1. The van der Waals surface area contributed by atoms with E-state index in [0.717, 1.165) is 0 Å². The Kier molecular flexibility index (Phi) is 4.87. The fourth-order valence-corrected chi connectivity index (χ4v) is 1.28. The van der Waals surface area contributed by atoms with E-state index in [1.54, 1.807) is 0 Å². The van der Waals surface area contributed by atoms with Crippen molar-refractivity contribution in [2.75, 3.05) is 13.7 Å². The van der Waals surface area contributed by atoms with Crippen molar-refractivity contribution in [2.45, 2.75) is 12.1 Å². The van der Waals surface area contributed by atoms with Crippen molar-refractivity contribution in [3.8, 4) is 5.75 Å². The number of Topliss-reactive ketones (excluding diaryl/α,β-unsaturated/α-hetero) is 1. The van der Waals surface area contributed by atoms with Gasteiger partial charge in [0.1, 0.15) is 5.75 Å². The van der Waals surface area contributed by atoms with Crippen LogP contribution in [0.5, 0.6) is 5.75 Å². The van der Waals surface area contributed by atoms with Crippen LogP contribution in [-0.2, 0) is 4.79 Å². The first-order valence-corrected chi connectivity index (χ1v) is 5.49. The first kappa shape index (κ1) is 16.9. The second-order valence-electron chi connectivity index (χ2n) is 3.91. The van der Waals surface area contributed by atoms with Crippen LogP contribution < -0.4 is 10.1 Å². The fourth-order valence-electron chi connectivity index (χ4n) is 1.28. The number of carbonyl (C=O) groups is 2. The third-order valence-corrected chi connectivity index (χ3v) is 2.46. The molecule has 0 spiro atoms. The number of nitrogens with one attached hydrogen (secondary N) is 1. The van der Waals surface area contributed by atoms with Gasteiger partial charge in [-0.05, 0) is 24.3 Å². The van der Waals surface area contributed by atoms with E-state index in [1.807, 2.05) is 0 Å². The van der Waals surface area contributed by atoms with Gasteiger partial charge >= 0.3 is 18.0 Å². The lowest BCUT2D eigenvalue weighted by atomic mass is 10.1. The first-order chi connectivity index (χ1) is 9.59. The van der Waals surface area contributed by atoms with Crippen molar-refractivity contribution >= 4 is 11.7 Å². The predicted octanol–water partition coefficient (Wildman–Crippen LogP) is 2.19. The Morgan fingerprint density at radius 1 is 1.10 bits per heavy atom. The molecule has 0 bridgehead atoms. The van der Waals surface area contributed by atoms with Gasteiger partial charge in [0.25, 0.3) is 0 Å². The molecule has 116 valence electrons. The predicted molar refractivity (Wildman–Crippen MR) is 61.3 cm³/mol. The molecule has 0 radical (unpaired) electrons. The van der Waals surface area contributed by atoms with Crippen molar-refractivity contribution in [1.29, 1.82) is 0 Å². The van der Waals surface area contributed by atoms with Crippen LogP contribution in [0, 0.1) is 0 Å². The highest BCUT2D eigenvalue weighted by molar-refractivity contribution is 6.00. The van der Waals surface area contributed by atoms with Crippen LogP contribution in [0.3, 0.4) is 0 Å². The summed E-state index contributed by atoms with van der Waals surface area (Å²) in [5.74, 6) is -8.51. The van der Waals surface area contributed by atoms with Gasteiger partial charge in [-0.3, -0.25) is 9.59 Å². The zero-order valence-electron chi connectivity index (χ0n) is 10.6. The Labute approximate surface area is 115 Å². The quantitative estimate of drug-likeness (QED) is 0.670. The molecule has 0 aromatic heterocycles. The molecule has 0 aliphatic heterocycles. The molecule has 0 heterocycles. The molecular formula is C12H10F5NO3. The van der Waals surface area contributed by atoms with E-state index in [1.165, 1.54) is 36.7 Å². The largest absolute Gasteiger partial charge is 0.497 e. The van der Waals surface area contributed by atoms with Crippen LogP contribution >= 0.6 is 0 Å². The van der Waals surface area contributed by atoms with Crippen LogP contribution in [0.1, 0.15) is 10.4 Å². The topological polar surface area (TPSA) is 55.4 Å². The molecule has 21 heavy (non-hydrogen) atoms. The van der Waals surface area contributed by atoms with Gasteiger partial charge in [-0.2, -0.15) is 22.0 Å². The van der Waals surface area contributed by atoms with E-state index in [0.29, 0.717) is 5.75 Å². The molecule has 0 unspecified atom stereocenters. The number of carbonyl (C=O) groups excluding carboxylic acids is 2. The molecule has 1 rings (SSSR count). The van der Waals surface area contributed by atoms with E-state index >= 15 is 0 Å². The number of ketones is 1. The summed E-state index contributed by atoms with van der Waals surface area (Å²) in [5, 5.41) is 1.27. The molecule has 0 atom stereocenters. The molecule has 0 saturated carbocycles. The third-order valence-electron chi connectivity index (χ3n) is 2.46. The molecule has 0 saturated heterocycles. The van der Waals surface area contributed by atoms with Gasteiger partial charge in [0, 0.05) is 5.56 Å². The molecule has 0 aliphatic carbocycles. The maximum atomic E-state index is 12.6. The lowest BCUT2D eigenvalue weighted by molar-refractivity contribution is -0.269. The SMILES string of the molecule is COc1ccc(C(=O)CNC(=O)C(F)(F)C(F)(F)F)cc1. The summed E-state index contributed by atoms with van der Waals surface area (Å²) in [6.07, 6.45) is -6.01. The summed E-state index contributed by atoms with van der Waals surface area (Å²) < 4.78 is 65.8. The Balaban J connectivity index is 2.66. The Hall–Kier alpha value is -2.19. The minimum atomic E-state index is -6.01. The van der Waals surface area contributed by atoms with E-state index in [9.17, 15) is 31.5 Å². The number of rotatable bonds is 5. The Morgan fingerprint density at radius 2 is 1.62 bits per heavy atom. The standard InChI is InChI=1S/C12H10F5NO3/c1-21-8-4-2-7(3-5-8)9(19)6-18-10(20)11(13,14)12(15,16)17/h2-5H,6H2,1H3,(H,18,20). The summed E-state index contributed by atoms with van der Waals surface area (Å²) >= 11 is 0. The third kappa shape index (κ3) is 3.89. The van der Waals surface area contributed by atoms with Gasteiger partial charge < -0.3 is 10.1 Å². The van der Waals surface area contributed by atoms with Gasteiger partial charge in [0.05, 0.1) is 13.7 Å². The van der Waals surface area contributed by atoms with Crippen LogP contribution in [0.25, 0.3) is 0 Å². The lowest BCUT2D eigenvalue weighted by Crippen LogP contribution is -2.51. The van der Waals surface area contributed by atoms with Gasteiger partial charge in [-0.1, -0.05) is 0 Å². The van der Waals surface area contributed by atoms with Crippen molar-refractivity contribution in [2.24, 2.45) is 0 Å². The minimum Gasteiger partial charge on any atom is -0.497 e. The van der Waals surface area contributed by atoms with Crippen LogP contribution in [0.4, 0.5) is 22.0 Å². The smallest absolute Gasteiger partial charge is 0.463 e. The van der Waals surface area contributed by atoms with E-state index in [-0.39, 0.29) is 5.56 Å². The van der Waals surface area contributed by atoms with Crippen molar-refractivity contribution < 1.29 is 36.3 Å². The molecule has 1 N–H and O–H groups in total. The first-order valence-electron chi connectivity index (χ1n) is 5.49. The molecule has 1 aromatic carbocycles. The Bertz CT molecular complexity index is 525. The van der Waals surface area contributed by atoms with Crippen molar-refractivity contribution in [3.63, 3.8) is 0 Å². The average molecular weight is 311 g/mol. The normalized spacial score (nSPS) is 11.9. The number of hydrogen-bond donors (Lipinski definition) is 1. The number of methoxy groups -OCH3 is 1. The van der Waals surface area contributed by atoms with Gasteiger partial charge in [0.2, 0.25) is 0 Å². The zero-order valence-corrected chi connectivity index (χ0v) is 10.6. The molecule has 9 heteroatoms. The summed E-state index contributed by atoms with van der Waals surface area (Å²) in [6, 6.07) is 5.38. The van der Waals surface area contributed by atoms with Crippen LogP contribution in [0.15, 0.2) is 24.3 Å². The number of halogens is 5. The highest BCUT2D eigenvalue weighted by Crippen LogP contribution is 2.35. The van der Waals surface area contributed by atoms with Crippen LogP contribution in [0.2, 0.25) is 0 Å². The second kappa shape index (κ2) is 6.06. The molecule has 1 amide bonds. The van der Waals surface area contributed by atoms with E-state index in [4.69, 9.17) is 4.74 Å². The minimum absolute atomic E-state index is 0.0337. The highest BCUT2D eigenvalue weighted by Gasteiger charge is 2.63. The van der Waals surface area contributed by atoms with Crippen LogP contribution in [-0.4, -0.2) is 37.4 Å². The summed E-state index contributed by atoms with van der Waals surface area (Å²) in [6.45, 7) is -0.975. The summed E-state index contributed by atoms with van der Waals surface area (Å²) in [4.78, 5) is 22.3. The molecule has 0 fully saturated rings. The number of amides is 1. The molecule has 0 aliphatic rings. The maximum absolute atomic E-state index is 12.6. The fraction of sp³-hybridized carbons (Fsp3) is 0.333. The average Bonchev–Trinajstić information content (AvgIpc) is 2.43. The molecule has 1 aromatic rings. The summed E-state index contributed by atoms with van der Waals surface area (Å²) in [7, 11) is 1.39. The van der Waals surface area contributed by atoms with Gasteiger partial charge in [0.15, 0.2) is 5.78 Å². The number of hydrogen-bond acceptors (Lipinski definition) is 3. The zero-order chi connectivity index (χ0) is 16.3. The lowest BCUT2D eigenvalue weighted by Gasteiger charge is -2.18. The maximum Gasteiger partial charge on any atom is 0.463 e. The second-order valence-corrected chi connectivity index (χ2v) is 3.91. The highest BCUT2D eigenvalue weighted by atomic mass is 19.4. The molecular weight excluding hydrogens is 301 g/mol. The van der Waals surface area contributed by atoms with E-state index in [2.05, 4.69) is 0 Å². The summed E-state index contributed by atoms with van der Waals surface area (Å²) in [5.41, 5.74) is 0.0337. The van der Waals surface area contributed by atoms with E-state index < -0.39 is 30.3 Å². The monoisotopic (exact) mass is 311 g/mol. The molecule has 4 nitrogen and oxygen atoms in total. The number of ether oxygens (including phenoxy) is 1. The van der Waals surface area contributed by atoms with Crippen molar-refractivity contribution in [3.05, 3.63) is 29.8 Å².